The smallest absolute Gasteiger partial charge is 0.256 e. The van der Waals surface area contributed by atoms with Crippen LogP contribution in [0.25, 0.3) is 0 Å². The minimum absolute atomic E-state index is 0.176. The van der Waals surface area contributed by atoms with Gasteiger partial charge in [0, 0.05) is 12.1 Å². The Morgan fingerprint density at radius 2 is 1.83 bits per heavy atom. The fraction of sp³-hybridized carbons (Fsp3) is 0.421. The normalized spacial score (nSPS) is 11.0. The number of rotatable bonds is 6. The van der Waals surface area contributed by atoms with Crippen molar-refractivity contribution in [2.24, 2.45) is 5.92 Å². The van der Waals surface area contributed by atoms with Crippen LogP contribution in [0.5, 0.6) is 0 Å². The molecule has 5 heteroatoms. The number of hydrogen-bond acceptors (Lipinski definition) is 4. The van der Waals surface area contributed by atoms with Gasteiger partial charge < -0.3 is 10.6 Å². The summed E-state index contributed by atoms with van der Waals surface area (Å²) in [5, 5.41) is 6.21. The molecule has 0 bridgehead atoms. The monoisotopic (exact) mass is 328 g/mol. The standard InChI is InChI=1S/C17H22N4O.C2H6/c1-4-12(2)10-18-15-13(3)19-11-20-16(15)21-17(22)14-8-6-5-7-9-14;1-2/h5-9,11-12,18H,4,10H2,1-3H3,(H,19,20,21,22);1-2H3. The molecule has 5 nitrogen and oxygen atoms in total. The molecule has 1 aromatic carbocycles. The number of aromatic nitrogens is 2. The molecule has 24 heavy (non-hydrogen) atoms. The first-order valence-electron chi connectivity index (χ1n) is 8.53. The summed E-state index contributed by atoms with van der Waals surface area (Å²) in [6.07, 6.45) is 2.55. The summed E-state index contributed by atoms with van der Waals surface area (Å²) in [7, 11) is 0. The van der Waals surface area contributed by atoms with E-state index in [0.717, 1.165) is 24.3 Å². The lowest BCUT2D eigenvalue weighted by atomic mass is 10.1. The fourth-order valence-electron chi connectivity index (χ4n) is 1.97. The lowest BCUT2D eigenvalue weighted by Crippen LogP contribution is -2.18. The van der Waals surface area contributed by atoms with Gasteiger partial charge in [-0.05, 0) is 25.0 Å². The van der Waals surface area contributed by atoms with Crippen LogP contribution in [0.2, 0.25) is 0 Å². The summed E-state index contributed by atoms with van der Waals surface area (Å²) < 4.78 is 0. The molecule has 0 saturated carbocycles. The van der Waals surface area contributed by atoms with Gasteiger partial charge in [0.25, 0.3) is 5.91 Å². The molecular weight excluding hydrogens is 300 g/mol. The van der Waals surface area contributed by atoms with Crippen molar-refractivity contribution in [1.82, 2.24) is 9.97 Å². The molecule has 1 amide bonds. The van der Waals surface area contributed by atoms with Crippen LogP contribution >= 0.6 is 0 Å². The third kappa shape index (κ3) is 5.65. The van der Waals surface area contributed by atoms with Crippen LogP contribution in [0, 0.1) is 12.8 Å². The van der Waals surface area contributed by atoms with E-state index in [1.54, 1.807) is 12.1 Å². The Morgan fingerprint density at radius 3 is 2.46 bits per heavy atom. The number of carbonyl (C=O) groups excluding carboxylic acids is 1. The van der Waals surface area contributed by atoms with Gasteiger partial charge in [0.2, 0.25) is 0 Å². The van der Waals surface area contributed by atoms with Crippen molar-refractivity contribution >= 4 is 17.4 Å². The lowest BCUT2D eigenvalue weighted by molar-refractivity contribution is 0.102. The van der Waals surface area contributed by atoms with Crippen LogP contribution in [0.1, 0.15) is 50.2 Å². The minimum Gasteiger partial charge on any atom is -0.380 e. The average Bonchev–Trinajstić information content (AvgIpc) is 2.63. The van der Waals surface area contributed by atoms with E-state index in [4.69, 9.17) is 0 Å². The van der Waals surface area contributed by atoms with Crippen molar-refractivity contribution in [2.75, 3.05) is 17.2 Å². The molecule has 2 aromatic rings. The van der Waals surface area contributed by atoms with E-state index in [9.17, 15) is 4.79 Å². The molecule has 0 spiro atoms. The fourth-order valence-corrected chi connectivity index (χ4v) is 1.97. The molecule has 2 N–H and O–H groups in total. The highest BCUT2D eigenvalue weighted by atomic mass is 16.1. The summed E-state index contributed by atoms with van der Waals surface area (Å²) in [6.45, 7) is 11.0. The molecule has 0 fully saturated rings. The maximum Gasteiger partial charge on any atom is 0.256 e. The van der Waals surface area contributed by atoms with Crippen LogP contribution in [0.4, 0.5) is 11.5 Å². The van der Waals surface area contributed by atoms with Crippen LogP contribution < -0.4 is 10.6 Å². The Bertz CT molecular complexity index is 629. The molecule has 0 saturated heterocycles. The van der Waals surface area contributed by atoms with Gasteiger partial charge in [-0.15, -0.1) is 0 Å². The summed E-state index contributed by atoms with van der Waals surface area (Å²) in [4.78, 5) is 20.7. The van der Waals surface area contributed by atoms with E-state index in [2.05, 4.69) is 34.4 Å². The molecule has 1 heterocycles. The largest absolute Gasteiger partial charge is 0.380 e. The third-order valence-corrected chi connectivity index (χ3v) is 3.63. The van der Waals surface area contributed by atoms with E-state index in [1.165, 1.54) is 6.33 Å². The Morgan fingerprint density at radius 1 is 1.17 bits per heavy atom. The molecule has 2 rings (SSSR count). The highest BCUT2D eigenvalue weighted by Crippen LogP contribution is 2.22. The van der Waals surface area contributed by atoms with Crippen LogP contribution in [0.15, 0.2) is 36.7 Å². The summed E-state index contributed by atoms with van der Waals surface area (Å²) in [6, 6.07) is 9.10. The van der Waals surface area contributed by atoms with Crippen molar-refractivity contribution in [3.8, 4) is 0 Å². The first kappa shape index (κ1) is 19.6. The zero-order valence-corrected chi connectivity index (χ0v) is 15.3. The predicted molar refractivity (Wildman–Crippen MR) is 100 cm³/mol. The molecule has 0 aliphatic carbocycles. The summed E-state index contributed by atoms with van der Waals surface area (Å²) in [5.41, 5.74) is 2.21. The Labute approximate surface area is 144 Å². The number of amides is 1. The number of hydrogen-bond donors (Lipinski definition) is 2. The van der Waals surface area contributed by atoms with E-state index >= 15 is 0 Å². The Kier molecular flexibility index (Phi) is 8.47. The van der Waals surface area contributed by atoms with Gasteiger partial charge in [-0.1, -0.05) is 52.3 Å². The topological polar surface area (TPSA) is 66.9 Å². The first-order chi connectivity index (χ1) is 11.6. The SMILES string of the molecule is CC.CCC(C)CNc1c(C)ncnc1NC(=O)c1ccccc1. The van der Waals surface area contributed by atoms with Gasteiger partial charge in [-0.2, -0.15) is 0 Å². The second-order valence-corrected chi connectivity index (χ2v) is 5.40. The number of nitrogens with zero attached hydrogens (tertiary/aromatic N) is 2. The van der Waals surface area contributed by atoms with Crippen molar-refractivity contribution in [3.05, 3.63) is 47.9 Å². The van der Waals surface area contributed by atoms with Crippen molar-refractivity contribution in [3.63, 3.8) is 0 Å². The lowest BCUT2D eigenvalue weighted by Gasteiger charge is -2.16. The van der Waals surface area contributed by atoms with E-state index < -0.39 is 0 Å². The maximum atomic E-state index is 12.3. The Hall–Kier alpha value is -2.43. The van der Waals surface area contributed by atoms with E-state index in [0.29, 0.717) is 17.3 Å². The number of carbonyl (C=O) groups is 1. The molecule has 0 radical (unpaired) electrons. The molecule has 0 aliphatic rings. The highest BCUT2D eigenvalue weighted by Gasteiger charge is 2.13. The second kappa shape index (κ2) is 10.4. The van der Waals surface area contributed by atoms with Crippen LogP contribution in [0.3, 0.4) is 0 Å². The van der Waals surface area contributed by atoms with Gasteiger partial charge in [0.05, 0.1) is 11.4 Å². The molecule has 0 aliphatic heterocycles. The molecule has 130 valence electrons. The van der Waals surface area contributed by atoms with Gasteiger partial charge in [-0.25, -0.2) is 9.97 Å². The van der Waals surface area contributed by atoms with Crippen LogP contribution in [-0.2, 0) is 0 Å². The summed E-state index contributed by atoms with van der Waals surface area (Å²) in [5.74, 6) is 0.882. The third-order valence-electron chi connectivity index (χ3n) is 3.63. The van der Waals surface area contributed by atoms with Gasteiger partial charge in [0.1, 0.15) is 6.33 Å². The zero-order chi connectivity index (χ0) is 17.9. The first-order valence-corrected chi connectivity index (χ1v) is 8.53. The number of anilines is 2. The minimum atomic E-state index is -0.176. The van der Waals surface area contributed by atoms with E-state index in [1.807, 2.05) is 39.0 Å². The average molecular weight is 328 g/mol. The quantitative estimate of drug-likeness (QED) is 0.818. The molecule has 1 atom stereocenters. The zero-order valence-electron chi connectivity index (χ0n) is 15.3. The van der Waals surface area contributed by atoms with Crippen molar-refractivity contribution < 1.29 is 4.79 Å². The number of aryl methyl sites for hydroxylation is 1. The van der Waals surface area contributed by atoms with Gasteiger partial charge >= 0.3 is 0 Å². The van der Waals surface area contributed by atoms with Crippen LogP contribution in [-0.4, -0.2) is 22.4 Å². The Balaban J connectivity index is 0.00000139. The maximum absolute atomic E-state index is 12.3. The molecular formula is C19H28N4O. The van der Waals surface area contributed by atoms with Gasteiger partial charge in [0.15, 0.2) is 5.82 Å². The van der Waals surface area contributed by atoms with Crippen molar-refractivity contribution in [2.45, 2.75) is 41.0 Å². The highest BCUT2D eigenvalue weighted by molar-refractivity contribution is 6.05. The number of benzene rings is 1. The van der Waals surface area contributed by atoms with Crippen molar-refractivity contribution in [1.29, 1.82) is 0 Å². The van der Waals surface area contributed by atoms with Gasteiger partial charge in [-0.3, -0.25) is 4.79 Å². The van der Waals surface area contributed by atoms with E-state index in [-0.39, 0.29) is 5.91 Å². The predicted octanol–water partition coefficient (Wildman–Crippen LogP) is 4.52. The molecule has 1 aromatic heterocycles. The number of nitrogens with one attached hydrogen (secondary N) is 2. The summed E-state index contributed by atoms with van der Waals surface area (Å²) >= 11 is 0. The second-order valence-electron chi connectivity index (χ2n) is 5.40. The molecule has 1 unspecified atom stereocenters.